The first-order valence-corrected chi connectivity index (χ1v) is 6.82. The lowest BCUT2D eigenvalue weighted by Crippen LogP contribution is -2.23. The molecule has 1 aromatic carbocycles. The average molecular weight is 368 g/mol. The smallest absolute Gasteiger partial charge is 0.255 e. The summed E-state index contributed by atoms with van der Waals surface area (Å²) in [7, 11) is 0. The van der Waals surface area contributed by atoms with Crippen molar-refractivity contribution in [3.63, 3.8) is 0 Å². The molecule has 0 saturated carbocycles. The zero-order chi connectivity index (χ0) is 13.8. The molecular weight excluding hydrogens is 355 g/mol. The molecule has 1 amide bonds. The van der Waals surface area contributed by atoms with Crippen molar-refractivity contribution in [2.75, 3.05) is 0 Å². The van der Waals surface area contributed by atoms with Crippen LogP contribution in [-0.4, -0.2) is 16.0 Å². The molecule has 0 aliphatic heterocycles. The second kappa shape index (κ2) is 6.01. The highest BCUT2D eigenvalue weighted by Crippen LogP contribution is 2.19. The number of carbonyl (C=O) groups is 1. The summed E-state index contributed by atoms with van der Waals surface area (Å²) in [6.45, 7) is 2.36. The Bertz CT molecular complexity index is 614. The van der Waals surface area contributed by atoms with Gasteiger partial charge in [-0.2, -0.15) is 0 Å². The maximum absolute atomic E-state index is 12.0. The van der Waals surface area contributed by atoms with Gasteiger partial charge in [0.25, 0.3) is 5.91 Å². The highest BCUT2D eigenvalue weighted by atomic mass is 127. The molecule has 5 heteroatoms. The second-order valence-electron chi connectivity index (χ2n) is 4.15. The predicted octanol–water partition coefficient (Wildman–Crippen LogP) is 2.63. The molecule has 0 fully saturated rings. The first-order chi connectivity index (χ1) is 9.08. The van der Waals surface area contributed by atoms with Crippen LogP contribution in [0.3, 0.4) is 0 Å². The van der Waals surface area contributed by atoms with Crippen molar-refractivity contribution in [3.8, 4) is 5.75 Å². The summed E-state index contributed by atoms with van der Waals surface area (Å²) in [5.74, 6) is -0.305. The maximum Gasteiger partial charge on any atom is 0.255 e. The van der Waals surface area contributed by atoms with Gasteiger partial charge in [-0.3, -0.25) is 9.78 Å². The van der Waals surface area contributed by atoms with Crippen LogP contribution in [0.2, 0.25) is 0 Å². The lowest BCUT2D eigenvalue weighted by atomic mass is 10.1. The summed E-state index contributed by atoms with van der Waals surface area (Å²) in [5.41, 5.74) is 2.32. The third-order valence-electron chi connectivity index (χ3n) is 2.79. The van der Waals surface area contributed by atoms with Gasteiger partial charge in [0.15, 0.2) is 0 Å². The van der Waals surface area contributed by atoms with Crippen LogP contribution in [0.4, 0.5) is 0 Å². The van der Waals surface area contributed by atoms with E-state index in [2.05, 4.69) is 32.9 Å². The normalized spacial score (nSPS) is 10.2. The van der Waals surface area contributed by atoms with E-state index < -0.39 is 0 Å². The molecule has 1 aromatic heterocycles. The largest absolute Gasteiger partial charge is 0.507 e. The molecule has 0 unspecified atom stereocenters. The number of halogens is 1. The number of aromatic nitrogens is 1. The zero-order valence-corrected chi connectivity index (χ0v) is 12.5. The fraction of sp³-hybridized carbons (Fsp3) is 0.143. The summed E-state index contributed by atoms with van der Waals surface area (Å²) in [4.78, 5) is 16.0. The zero-order valence-electron chi connectivity index (χ0n) is 10.4. The van der Waals surface area contributed by atoms with Crippen molar-refractivity contribution in [2.45, 2.75) is 13.5 Å². The van der Waals surface area contributed by atoms with Crippen LogP contribution in [0.1, 0.15) is 21.5 Å². The van der Waals surface area contributed by atoms with Crippen molar-refractivity contribution in [1.29, 1.82) is 0 Å². The second-order valence-corrected chi connectivity index (χ2v) is 5.39. The Hall–Kier alpha value is -1.63. The van der Waals surface area contributed by atoms with Crippen LogP contribution in [0, 0.1) is 10.5 Å². The molecule has 19 heavy (non-hydrogen) atoms. The summed E-state index contributed by atoms with van der Waals surface area (Å²) < 4.78 is 0.901. The minimum absolute atomic E-state index is 0.0131. The van der Waals surface area contributed by atoms with Crippen molar-refractivity contribution < 1.29 is 9.90 Å². The van der Waals surface area contributed by atoms with Crippen LogP contribution < -0.4 is 5.32 Å². The first kappa shape index (κ1) is 13.8. The number of hydrogen-bond acceptors (Lipinski definition) is 3. The van der Waals surface area contributed by atoms with Gasteiger partial charge in [-0.1, -0.05) is 0 Å². The summed E-state index contributed by atoms with van der Waals surface area (Å²) in [6, 6.07) is 6.82. The number of nitrogens with one attached hydrogen (secondary N) is 1. The SMILES string of the molecule is Cc1ccncc1CNC(=O)c1cc(I)ccc1O. The van der Waals surface area contributed by atoms with Crippen LogP contribution in [0.5, 0.6) is 5.75 Å². The quantitative estimate of drug-likeness (QED) is 0.819. The van der Waals surface area contributed by atoms with Gasteiger partial charge in [0.2, 0.25) is 0 Å². The molecular formula is C14H13IN2O2. The van der Waals surface area contributed by atoms with Crippen molar-refractivity contribution in [2.24, 2.45) is 0 Å². The lowest BCUT2D eigenvalue weighted by molar-refractivity contribution is 0.0948. The molecule has 4 nitrogen and oxygen atoms in total. The number of aryl methyl sites for hydroxylation is 1. The fourth-order valence-electron chi connectivity index (χ4n) is 1.64. The number of pyridine rings is 1. The molecule has 0 spiro atoms. The number of benzene rings is 1. The van der Waals surface area contributed by atoms with Gasteiger partial charge < -0.3 is 10.4 Å². The summed E-state index contributed by atoms with van der Waals surface area (Å²) >= 11 is 2.10. The standard InChI is InChI=1S/C14H13IN2O2/c1-9-4-5-16-7-10(9)8-17-14(19)12-6-11(15)2-3-13(12)18/h2-7,18H,8H2,1H3,(H,17,19). The third-order valence-corrected chi connectivity index (χ3v) is 3.46. The Morgan fingerprint density at radius 2 is 2.21 bits per heavy atom. The van der Waals surface area contributed by atoms with E-state index in [-0.39, 0.29) is 17.2 Å². The number of phenols is 1. The number of aromatic hydroxyl groups is 1. The van der Waals surface area contributed by atoms with Gasteiger partial charge in [-0.15, -0.1) is 0 Å². The first-order valence-electron chi connectivity index (χ1n) is 5.74. The third kappa shape index (κ3) is 3.44. The Morgan fingerprint density at radius 1 is 1.42 bits per heavy atom. The highest BCUT2D eigenvalue weighted by Gasteiger charge is 2.11. The highest BCUT2D eigenvalue weighted by molar-refractivity contribution is 14.1. The van der Waals surface area contributed by atoms with Crippen LogP contribution >= 0.6 is 22.6 Å². The monoisotopic (exact) mass is 368 g/mol. The molecule has 2 aromatic rings. The fourth-order valence-corrected chi connectivity index (χ4v) is 2.13. The molecule has 0 saturated heterocycles. The van der Waals surface area contributed by atoms with E-state index in [1.165, 1.54) is 6.07 Å². The number of rotatable bonds is 3. The van der Waals surface area contributed by atoms with E-state index in [0.29, 0.717) is 6.54 Å². The van der Waals surface area contributed by atoms with Gasteiger partial charge >= 0.3 is 0 Å². The summed E-state index contributed by atoms with van der Waals surface area (Å²) in [5, 5.41) is 12.5. The molecule has 0 radical (unpaired) electrons. The molecule has 2 rings (SSSR count). The van der Waals surface area contributed by atoms with Crippen molar-refractivity contribution >= 4 is 28.5 Å². The van der Waals surface area contributed by atoms with E-state index in [9.17, 15) is 9.90 Å². The van der Waals surface area contributed by atoms with Gasteiger partial charge in [-0.25, -0.2) is 0 Å². The van der Waals surface area contributed by atoms with Gasteiger partial charge in [-0.05, 0) is 64.9 Å². The van der Waals surface area contributed by atoms with Gasteiger partial charge in [0, 0.05) is 22.5 Å². The topological polar surface area (TPSA) is 62.2 Å². The Morgan fingerprint density at radius 3 is 2.95 bits per heavy atom. The van der Waals surface area contributed by atoms with Gasteiger partial charge in [0.05, 0.1) is 5.56 Å². The van der Waals surface area contributed by atoms with E-state index in [4.69, 9.17) is 0 Å². The minimum atomic E-state index is -0.292. The van der Waals surface area contributed by atoms with Crippen molar-refractivity contribution in [3.05, 3.63) is 56.9 Å². The van der Waals surface area contributed by atoms with E-state index in [1.807, 2.05) is 13.0 Å². The molecule has 98 valence electrons. The average Bonchev–Trinajstić information content (AvgIpc) is 2.40. The Balaban J connectivity index is 2.10. The predicted molar refractivity (Wildman–Crippen MR) is 81.0 cm³/mol. The number of hydrogen-bond donors (Lipinski definition) is 2. The molecule has 0 atom stereocenters. The van der Waals surface area contributed by atoms with E-state index >= 15 is 0 Å². The van der Waals surface area contributed by atoms with E-state index in [0.717, 1.165) is 14.7 Å². The summed E-state index contributed by atoms with van der Waals surface area (Å²) in [6.07, 6.45) is 3.44. The number of carbonyl (C=O) groups excluding carboxylic acids is 1. The lowest BCUT2D eigenvalue weighted by Gasteiger charge is -2.08. The van der Waals surface area contributed by atoms with E-state index in [1.54, 1.807) is 24.5 Å². The molecule has 0 aliphatic rings. The Labute approximate surface area is 125 Å². The number of phenolic OH excluding ortho intramolecular Hbond substituents is 1. The number of nitrogens with zero attached hydrogens (tertiary/aromatic N) is 1. The molecule has 2 N–H and O–H groups in total. The molecule has 0 bridgehead atoms. The van der Waals surface area contributed by atoms with Crippen LogP contribution in [-0.2, 0) is 6.54 Å². The molecule has 0 aliphatic carbocycles. The Kier molecular flexibility index (Phi) is 4.36. The number of amides is 1. The maximum atomic E-state index is 12.0. The van der Waals surface area contributed by atoms with Crippen LogP contribution in [0.25, 0.3) is 0 Å². The molecule has 1 heterocycles. The van der Waals surface area contributed by atoms with Crippen LogP contribution in [0.15, 0.2) is 36.7 Å². The minimum Gasteiger partial charge on any atom is -0.507 e. The van der Waals surface area contributed by atoms with Gasteiger partial charge in [0.1, 0.15) is 5.75 Å². The van der Waals surface area contributed by atoms with Crippen molar-refractivity contribution in [1.82, 2.24) is 10.3 Å².